The van der Waals surface area contributed by atoms with Crippen molar-refractivity contribution in [2.24, 2.45) is 5.92 Å². The Bertz CT molecular complexity index is 694. The summed E-state index contributed by atoms with van der Waals surface area (Å²) in [4.78, 5) is 23.3. The van der Waals surface area contributed by atoms with Crippen molar-refractivity contribution in [2.45, 2.75) is 32.9 Å². The number of aliphatic carboxylic acids is 1. The van der Waals surface area contributed by atoms with Crippen molar-refractivity contribution < 1.29 is 14.7 Å². The number of carboxylic acids is 1. The molecule has 1 aromatic heterocycles. The summed E-state index contributed by atoms with van der Waals surface area (Å²) in [6.07, 6.45) is 2.19. The number of hydrogen-bond acceptors (Lipinski definition) is 2. The molecule has 0 aliphatic heterocycles. The minimum absolute atomic E-state index is 0.0612. The topological polar surface area (TPSA) is 71.3 Å². The predicted octanol–water partition coefficient (Wildman–Crippen LogP) is 2.91. The Balaban J connectivity index is 2.10. The van der Waals surface area contributed by atoms with Crippen molar-refractivity contribution >= 4 is 34.4 Å². The van der Waals surface area contributed by atoms with Crippen LogP contribution in [0.25, 0.3) is 10.9 Å². The minimum Gasteiger partial charge on any atom is -0.480 e. The van der Waals surface area contributed by atoms with E-state index in [0.29, 0.717) is 11.4 Å². The van der Waals surface area contributed by atoms with Crippen molar-refractivity contribution in [2.75, 3.05) is 0 Å². The lowest BCUT2D eigenvalue weighted by atomic mass is 10.0. The van der Waals surface area contributed by atoms with Gasteiger partial charge in [0.25, 0.3) is 0 Å². The van der Waals surface area contributed by atoms with Crippen LogP contribution in [0.1, 0.15) is 20.3 Å². The summed E-state index contributed by atoms with van der Waals surface area (Å²) < 4.78 is 1.75. The second-order valence-corrected chi connectivity index (χ2v) is 6.17. The molecule has 2 aromatic rings. The minimum atomic E-state index is -1.01. The standard InChI is InChI=1S/C16H19ClN2O3/c1-10(2)7-13(16(21)22)18-15(20)9-19-6-5-11-3-4-12(17)8-14(11)19/h3-6,8,10,13H,7,9H2,1-2H3,(H,18,20)(H,21,22)/t13-/m1/s1. The quantitative estimate of drug-likeness (QED) is 0.859. The van der Waals surface area contributed by atoms with Crippen LogP contribution in [0.2, 0.25) is 5.02 Å². The summed E-state index contributed by atoms with van der Waals surface area (Å²) in [6.45, 7) is 3.90. The number of nitrogens with zero attached hydrogens (tertiary/aromatic N) is 1. The molecule has 2 rings (SSSR count). The molecule has 0 radical (unpaired) electrons. The Labute approximate surface area is 133 Å². The Morgan fingerprint density at radius 1 is 1.32 bits per heavy atom. The Hall–Kier alpha value is -2.01. The van der Waals surface area contributed by atoms with E-state index in [1.165, 1.54) is 0 Å². The highest BCUT2D eigenvalue weighted by Gasteiger charge is 2.21. The molecule has 1 amide bonds. The maximum Gasteiger partial charge on any atom is 0.326 e. The van der Waals surface area contributed by atoms with Gasteiger partial charge in [0, 0.05) is 16.7 Å². The molecule has 1 aromatic carbocycles. The molecule has 0 bridgehead atoms. The molecule has 118 valence electrons. The van der Waals surface area contributed by atoms with E-state index in [1.807, 2.05) is 26.0 Å². The average Bonchev–Trinajstić information content (AvgIpc) is 2.80. The van der Waals surface area contributed by atoms with E-state index >= 15 is 0 Å². The summed E-state index contributed by atoms with van der Waals surface area (Å²) >= 11 is 5.98. The van der Waals surface area contributed by atoms with E-state index in [0.717, 1.165) is 10.9 Å². The largest absolute Gasteiger partial charge is 0.480 e. The molecule has 2 N–H and O–H groups in total. The molecule has 0 saturated carbocycles. The third-order valence-electron chi connectivity index (χ3n) is 3.39. The number of amides is 1. The fourth-order valence-corrected chi connectivity index (χ4v) is 2.55. The molecule has 1 atom stereocenters. The molecule has 0 spiro atoms. The third kappa shape index (κ3) is 4.01. The number of carbonyl (C=O) groups is 2. The smallest absolute Gasteiger partial charge is 0.326 e. The van der Waals surface area contributed by atoms with Gasteiger partial charge in [-0.1, -0.05) is 31.5 Å². The molecule has 6 heteroatoms. The van der Waals surface area contributed by atoms with Gasteiger partial charge in [-0.2, -0.15) is 0 Å². The molecule has 0 aliphatic carbocycles. The highest BCUT2D eigenvalue weighted by atomic mass is 35.5. The van der Waals surface area contributed by atoms with Gasteiger partial charge in [0.1, 0.15) is 12.6 Å². The summed E-state index contributed by atoms with van der Waals surface area (Å²) in [5.74, 6) is -1.15. The van der Waals surface area contributed by atoms with Crippen LogP contribution in [-0.4, -0.2) is 27.6 Å². The van der Waals surface area contributed by atoms with E-state index < -0.39 is 12.0 Å². The first-order valence-corrected chi connectivity index (χ1v) is 7.51. The molecule has 22 heavy (non-hydrogen) atoms. The van der Waals surface area contributed by atoms with Gasteiger partial charge >= 0.3 is 5.97 Å². The van der Waals surface area contributed by atoms with Gasteiger partial charge < -0.3 is 15.0 Å². The number of aromatic nitrogens is 1. The second kappa shape index (κ2) is 6.83. The third-order valence-corrected chi connectivity index (χ3v) is 3.63. The molecule has 0 aliphatic rings. The van der Waals surface area contributed by atoms with E-state index in [1.54, 1.807) is 22.9 Å². The summed E-state index contributed by atoms with van der Waals surface area (Å²) in [6, 6.07) is 6.48. The monoisotopic (exact) mass is 322 g/mol. The van der Waals surface area contributed by atoms with Gasteiger partial charge in [-0.15, -0.1) is 0 Å². The first-order chi connectivity index (χ1) is 10.4. The molecule has 0 fully saturated rings. The van der Waals surface area contributed by atoms with E-state index in [4.69, 9.17) is 16.7 Å². The molecular weight excluding hydrogens is 304 g/mol. The number of benzene rings is 1. The van der Waals surface area contributed by atoms with E-state index in [9.17, 15) is 9.59 Å². The Morgan fingerprint density at radius 2 is 2.05 bits per heavy atom. The number of hydrogen-bond donors (Lipinski definition) is 2. The molecule has 0 saturated heterocycles. The van der Waals surface area contributed by atoms with Gasteiger partial charge in [0.2, 0.25) is 5.91 Å². The first-order valence-electron chi connectivity index (χ1n) is 7.13. The zero-order valence-corrected chi connectivity index (χ0v) is 13.3. The summed E-state index contributed by atoms with van der Waals surface area (Å²) in [5.41, 5.74) is 0.846. The van der Waals surface area contributed by atoms with Crippen molar-refractivity contribution in [3.05, 3.63) is 35.5 Å². The van der Waals surface area contributed by atoms with Gasteiger partial charge in [-0.05, 0) is 35.9 Å². The number of halogens is 1. The van der Waals surface area contributed by atoms with Crippen LogP contribution in [0, 0.1) is 5.92 Å². The normalized spacial score (nSPS) is 12.5. The summed E-state index contributed by atoms with van der Waals surface area (Å²) in [5, 5.41) is 13.3. The van der Waals surface area contributed by atoms with Crippen molar-refractivity contribution in [3.8, 4) is 0 Å². The highest BCUT2D eigenvalue weighted by Crippen LogP contribution is 2.20. The van der Waals surface area contributed by atoms with Gasteiger partial charge in [0.15, 0.2) is 0 Å². The zero-order valence-electron chi connectivity index (χ0n) is 12.5. The van der Waals surface area contributed by atoms with Crippen LogP contribution in [0.3, 0.4) is 0 Å². The van der Waals surface area contributed by atoms with Crippen LogP contribution in [-0.2, 0) is 16.1 Å². The number of rotatable bonds is 6. The average molecular weight is 323 g/mol. The molecular formula is C16H19ClN2O3. The lowest BCUT2D eigenvalue weighted by Gasteiger charge is -2.17. The van der Waals surface area contributed by atoms with Gasteiger partial charge in [-0.3, -0.25) is 4.79 Å². The van der Waals surface area contributed by atoms with Crippen molar-refractivity contribution in [3.63, 3.8) is 0 Å². The van der Waals surface area contributed by atoms with Crippen LogP contribution < -0.4 is 5.32 Å². The van der Waals surface area contributed by atoms with E-state index in [-0.39, 0.29) is 18.4 Å². The molecule has 5 nitrogen and oxygen atoms in total. The molecule has 0 unspecified atom stereocenters. The number of nitrogens with one attached hydrogen (secondary N) is 1. The van der Waals surface area contributed by atoms with Crippen LogP contribution in [0.15, 0.2) is 30.5 Å². The SMILES string of the molecule is CC(C)C[C@@H](NC(=O)Cn1ccc2ccc(Cl)cc21)C(=O)O. The van der Waals surface area contributed by atoms with Gasteiger partial charge in [0.05, 0.1) is 0 Å². The van der Waals surface area contributed by atoms with Gasteiger partial charge in [-0.25, -0.2) is 4.79 Å². The first kappa shape index (κ1) is 16.4. The van der Waals surface area contributed by atoms with Crippen LogP contribution >= 0.6 is 11.6 Å². The number of carboxylic acid groups (broad SMARTS) is 1. The lowest BCUT2D eigenvalue weighted by Crippen LogP contribution is -2.43. The molecule has 1 heterocycles. The van der Waals surface area contributed by atoms with Crippen LogP contribution in [0.5, 0.6) is 0 Å². The highest BCUT2D eigenvalue weighted by molar-refractivity contribution is 6.31. The number of carbonyl (C=O) groups excluding carboxylic acids is 1. The maximum atomic E-state index is 12.1. The number of fused-ring (bicyclic) bond motifs is 1. The fourth-order valence-electron chi connectivity index (χ4n) is 2.38. The fraction of sp³-hybridized carbons (Fsp3) is 0.375. The lowest BCUT2D eigenvalue weighted by molar-refractivity contribution is -0.142. The van der Waals surface area contributed by atoms with Crippen molar-refractivity contribution in [1.29, 1.82) is 0 Å². The Kier molecular flexibility index (Phi) is 5.08. The summed E-state index contributed by atoms with van der Waals surface area (Å²) in [7, 11) is 0. The predicted molar refractivity (Wildman–Crippen MR) is 86.0 cm³/mol. The Morgan fingerprint density at radius 3 is 2.68 bits per heavy atom. The second-order valence-electron chi connectivity index (χ2n) is 5.73. The maximum absolute atomic E-state index is 12.1. The van der Waals surface area contributed by atoms with Crippen LogP contribution in [0.4, 0.5) is 0 Å². The van der Waals surface area contributed by atoms with Crippen molar-refractivity contribution in [1.82, 2.24) is 9.88 Å². The zero-order chi connectivity index (χ0) is 16.3. The van der Waals surface area contributed by atoms with E-state index in [2.05, 4.69) is 5.32 Å².